The Hall–Kier alpha value is -3.34. The largest absolute Gasteiger partial charge is 0.321 e. The van der Waals surface area contributed by atoms with Crippen molar-refractivity contribution in [3.63, 3.8) is 0 Å². The first-order valence-electron chi connectivity index (χ1n) is 7.17. The van der Waals surface area contributed by atoms with Gasteiger partial charge >= 0.3 is 0 Å². The number of carbonyl (C=O) groups is 1. The molecule has 0 aliphatic rings. The van der Waals surface area contributed by atoms with E-state index < -0.39 is 0 Å². The van der Waals surface area contributed by atoms with Gasteiger partial charge in [-0.05, 0) is 36.4 Å². The summed E-state index contributed by atoms with van der Waals surface area (Å²) in [5, 5.41) is 3.81. The molecular weight excluding hydrogens is 288 g/mol. The van der Waals surface area contributed by atoms with Crippen LogP contribution in [0.25, 0.3) is 21.9 Å². The van der Waals surface area contributed by atoms with Crippen LogP contribution in [0.15, 0.2) is 67.0 Å². The summed E-state index contributed by atoms with van der Waals surface area (Å²) in [5.74, 6) is -0.286. The predicted molar refractivity (Wildman–Crippen MR) is 89.2 cm³/mol. The first-order chi connectivity index (χ1) is 11.3. The summed E-state index contributed by atoms with van der Waals surface area (Å²) in [7, 11) is 0. The lowest BCUT2D eigenvalue weighted by molar-refractivity contribution is 0.102. The molecule has 0 aliphatic carbocycles. The van der Waals surface area contributed by atoms with Gasteiger partial charge in [-0.25, -0.2) is 4.98 Å². The van der Waals surface area contributed by atoms with Crippen LogP contribution < -0.4 is 5.32 Å². The minimum absolute atomic E-state index is 0.286. The van der Waals surface area contributed by atoms with E-state index in [1.807, 2.05) is 54.6 Å². The third-order valence-corrected chi connectivity index (χ3v) is 3.54. The maximum atomic E-state index is 12.4. The van der Waals surface area contributed by atoms with Gasteiger partial charge in [0.15, 0.2) is 0 Å². The standard InChI is InChI=1S/C18H12N4O/c23-18(17-11-20-15-5-1-2-6-16(15)22-17)21-13-7-8-14-12(10-13)4-3-9-19-14/h1-11H,(H,21,23). The average Bonchev–Trinajstić information content (AvgIpc) is 2.61. The number of hydrogen-bond acceptors (Lipinski definition) is 4. The third-order valence-electron chi connectivity index (χ3n) is 3.54. The Kier molecular flexibility index (Phi) is 3.16. The van der Waals surface area contributed by atoms with E-state index in [1.54, 1.807) is 6.20 Å². The Morgan fingerprint density at radius 3 is 2.65 bits per heavy atom. The summed E-state index contributed by atoms with van der Waals surface area (Å²) in [4.78, 5) is 25.2. The molecule has 1 amide bonds. The Balaban J connectivity index is 1.64. The highest BCUT2D eigenvalue weighted by Crippen LogP contribution is 2.18. The molecular formula is C18H12N4O. The van der Waals surface area contributed by atoms with Crippen molar-refractivity contribution in [3.8, 4) is 0 Å². The Morgan fingerprint density at radius 1 is 0.870 bits per heavy atom. The smallest absolute Gasteiger partial charge is 0.275 e. The quantitative estimate of drug-likeness (QED) is 0.616. The van der Waals surface area contributed by atoms with E-state index >= 15 is 0 Å². The minimum Gasteiger partial charge on any atom is -0.321 e. The summed E-state index contributed by atoms with van der Waals surface area (Å²) in [6.07, 6.45) is 3.23. The number of pyridine rings is 1. The summed E-state index contributed by atoms with van der Waals surface area (Å²) in [6.45, 7) is 0. The van der Waals surface area contributed by atoms with E-state index in [9.17, 15) is 4.79 Å². The zero-order chi connectivity index (χ0) is 15.6. The van der Waals surface area contributed by atoms with E-state index in [-0.39, 0.29) is 11.6 Å². The lowest BCUT2D eigenvalue weighted by Gasteiger charge is -2.06. The molecule has 0 aliphatic heterocycles. The van der Waals surface area contributed by atoms with Crippen LogP contribution >= 0.6 is 0 Å². The van der Waals surface area contributed by atoms with Crippen LogP contribution in [0, 0.1) is 0 Å². The van der Waals surface area contributed by atoms with Crippen molar-refractivity contribution in [2.24, 2.45) is 0 Å². The van der Waals surface area contributed by atoms with Gasteiger partial charge in [0, 0.05) is 17.3 Å². The number of fused-ring (bicyclic) bond motifs is 2. The second-order valence-electron chi connectivity index (χ2n) is 5.11. The predicted octanol–water partition coefficient (Wildman–Crippen LogP) is 3.43. The lowest BCUT2D eigenvalue weighted by atomic mass is 10.2. The zero-order valence-electron chi connectivity index (χ0n) is 12.1. The number of para-hydroxylation sites is 2. The van der Waals surface area contributed by atoms with Gasteiger partial charge < -0.3 is 5.32 Å². The van der Waals surface area contributed by atoms with E-state index in [0.29, 0.717) is 11.2 Å². The van der Waals surface area contributed by atoms with E-state index in [4.69, 9.17) is 0 Å². The number of amides is 1. The maximum Gasteiger partial charge on any atom is 0.275 e. The normalized spacial score (nSPS) is 10.8. The SMILES string of the molecule is O=C(Nc1ccc2ncccc2c1)c1cnc2ccccc2n1. The highest BCUT2D eigenvalue weighted by atomic mass is 16.1. The first-order valence-corrected chi connectivity index (χ1v) is 7.17. The van der Waals surface area contributed by atoms with Crippen molar-refractivity contribution in [2.45, 2.75) is 0 Å². The Bertz CT molecular complexity index is 1030. The fraction of sp³-hybridized carbons (Fsp3) is 0. The third kappa shape index (κ3) is 2.60. The van der Waals surface area contributed by atoms with Crippen molar-refractivity contribution in [1.82, 2.24) is 15.0 Å². The molecule has 1 N–H and O–H groups in total. The van der Waals surface area contributed by atoms with Gasteiger partial charge in [0.25, 0.3) is 5.91 Å². The van der Waals surface area contributed by atoms with Crippen LogP contribution in [0.1, 0.15) is 10.5 Å². The molecule has 5 nitrogen and oxygen atoms in total. The number of carbonyl (C=O) groups excluding carboxylic acids is 1. The topological polar surface area (TPSA) is 67.8 Å². The van der Waals surface area contributed by atoms with Crippen LogP contribution in [-0.4, -0.2) is 20.9 Å². The summed E-state index contributed by atoms with van der Waals surface area (Å²) in [6, 6.07) is 16.8. The molecule has 0 saturated carbocycles. The molecule has 2 heterocycles. The second-order valence-corrected chi connectivity index (χ2v) is 5.11. The molecule has 2 aromatic heterocycles. The van der Waals surface area contributed by atoms with Gasteiger partial charge in [0.2, 0.25) is 0 Å². The Morgan fingerprint density at radius 2 is 1.74 bits per heavy atom. The second kappa shape index (κ2) is 5.46. The summed E-state index contributed by atoms with van der Waals surface area (Å²) in [5.41, 5.74) is 3.33. The number of nitrogens with zero attached hydrogens (tertiary/aromatic N) is 3. The molecule has 0 saturated heterocycles. The molecule has 0 bridgehead atoms. The molecule has 4 rings (SSSR count). The minimum atomic E-state index is -0.286. The molecule has 0 radical (unpaired) electrons. The lowest BCUT2D eigenvalue weighted by Crippen LogP contribution is -2.14. The number of rotatable bonds is 2. The Labute approximate surface area is 132 Å². The van der Waals surface area contributed by atoms with Crippen molar-refractivity contribution in [2.75, 3.05) is 5.32 Å². The number of hydrogen-bond donors (Lipinski definition) is 1. The monoisotopic (exact) mass is 300 g/mol. The highest BCUT2D eigenvalue weighted by molar-refractivity contribution is 6.04. The molecule has 5 heteroatoms. The average molecular weight is 300 g/mol. The molecule has 4 aromatic rings. The number of anilines is 1. The zero-order valence-corrected chi connectivity index (χ0v) is 12.1. The van der Waals surface area contributed by atoms with Gasteiger partial charge in [-0.3, -0.25) is 14.8 Å². The molecule has 2 aromatic carbocycles. The molecule has 110 valence electrons. The number of nitrogens with one attached hydrogen (secondary N) is 1. The van der Waals surface area contributed by atoms with Gasteiger partial charge in [-0.1, -0.05) is 18.2 Å². The van der Waals surface area contributed by atoms with Crippen LogP contribution in [0.4, 0.5) is 5.69 Å². The highest BCUT2D eigenvalue weighted by Gasteiger charge is 2.10. The summed E-state index contributed by atoms with van der Waals surface area (Å²) >= 11 is 0. The van der Waals surface area contributed by atoms with Crippen molar-refractivity contribution < 1.29 is 4.79 Å². The van der Waals surface area contributed by atoms with Gasteiger partial charge in [-0.15, -0.1) is 0 Å². The van der Waals surface area contributed by atoms with Gasteiger partial charge in [-0.2, -0.15) is 0 Å². The number of benzene rings is 2. The van der Waals surface area contributed by atoms with Crippen LogP contribution in [0.2, 0.25) is 0 Å². The van der Waals surface area contributed by atoms with E-state index in [0.717, 1.165) is 16.4 Å². The van der Waals surface area contributed by atoms with Crippen molar-refractivity contribution >= 4 is 33.5 Å². The molecule has 0 atom stereocenters. The van der Waals surface area contributed by atoms with Gasteiger partial charge in [0.05, 0.1) is 22.7 Å². The van der Waals surface area contributed by atoms with Crippen molar-refractivity contribution in [3.05, 3.63) is 72.7 Å². The molecule has 0 fully saturated rings. The maximum absolute atomic E-state index is 12.4. The van der Waals surface area contributed by atoms with Gasteiger partial charge in [0.1, 0.15) is 5.69 Å². The molecule has 0 spiro atoms. The van der Waals surface area contributed by atoms with Crippen molar-refractivity contribution in [1.29, 1.82) is 0 Å². The van der Waals surface area contributed by atoms with Crippen LogP contribution in [0.5, 0.6) is 0 Å². The first kappa shape index (κ1) is 13.3. The van der Waals surface area contributed by atoms with Crippen LogP contribution in [0.3, 0.4) is 0 Å². The van der Waals surface area contributed by atoms with E-state index in [1.165, 1.54) is 6.20 Å². The fourth-order valence-electron chi connectivity index (χ4n) is 2.42. The van der Waals surface area contributed by atoms with E-state index in [2.05, 4.69) is 20.3 Å². The molecule has 0 unspecified atom stereocenters. The van der Waals surface area contributed by atoms with Crippen LogP contribution in [-0.2, 0) is 0 Å². The summed E-state index contributed by atoms with van der Waals surface area (Å²) < 4.78 is 0. The molecule has 23 heavy (non-hydrogen) atoms. The fourth-order valence-corrected chi connectivity index (χ4v) is 2.42. The number of aromatic nitrogens is 3.